The van der Waals surface area contributed by atoms with Crippen molar-refractivity contribution in [1.82, 2.24) is 0 Å². The molecule has 1 aliphatic rings. The molecule has 0 saturated carbocycles. The molecule has 0 radical (unpaired) electrons. The van der Waals surface area contributed by atoms with Crippen LogP contribution in [0, 0.1) is 12.7 Å². The van der Waals surface area contributed by atoms with Crippen molar-refractivity contribution in [2.75, 3.05) is 50.1 Å². The number of benzene rings is 2. The van der Waals surface area contributed by atoms with Crippen molar-refractivity contribution >= 4 is 17.3 Å². The van der Waals surface area contributed by atoms with Crippen LogP contribution in [0.2, 0.25) is 0 Å². The summed E-state index contributed by atoms with van der Waals surface area (Å²) in [5, 5.41) is 2.83. The number of anilines is 2. The number of rotatable bonds is 5. The normalized spacial score (nSPS) is 15.0. The van der Waals surface area contributed by atoms with E-state index in [9.17, 15) is 9.18 Å². The third kappa shape index (κ3) is 4.52. The number of aryl methyl sites for hydroxylation is 1. The number of amides is 1. The number of carbonyl (C=O) groups excluding carboxylic acids is 1. The highest BCUT2D eigenvalue weighted by Gasteiger charge is 2.22. The lowest BCUT2D eigenvalue weighted by Crippen LogP contribution is -3.15. The van der Waals surface area contributed by atoms with Gasteiger partial charge in [0.1, 0.15) is 11.6 Å². The van der Waals surface area contributed by atoms with Gasteiger partial charge in [0.25, 0.3) is 5.91 Å². The quantitative estimate of drug-likeness (QED) is 0.851. The molecule has 0 atom stereocenters. The SMILES string of the molecule is COc1ccc(N2CC[NH+](CC(=O)Nc3cc(F)ccc3C)CC2)cc1. The van der Waals surface area contributed by atoms with Crippen LogP contribution in [-0.4, -0.2) is 45.7 Å². The van der Waals surface area contributed by atoms with Gasteiger partial charge in [-0.1, -0.05) is 6.07 Å². The van der Waals surface area contributed by atoms with E-state index in [1.165, 1.54) is 22.7 Å². The Hall–Kier alpha value is -2.60. The molecule has 0 spiro atoms. The third-order valence-corrected chi connectivity index (χ3v) is 4.79. The number of hydrogen-bond donors (Lipinski definition) is 2. The number of nitrogens with zero attached hydrogens (tertiary/aromatic N) is 1. The highest BCUT2D eigenvalue weighted by molar-refractivity contribution is 5.92. The number of carbonyl (C=O) groups is 1. The van der Waals surface area contributed by atoms with Gasteiger partial charge in [0, 0.05) is 11.4 Å². The smallest absolute Gasteiger partial charge is 0.279 e. The zero-order chi connectivity index (χ0) is 18.5. The van der Waals surface area contributed by atoms with E-state index in [4.69, 9.17) is 4.74 Å². The van der Waals surface area contributed by atoms with Gasteiger partial charge in [-0.3, -0.25) is 4.79 Å². The Balaban J connectivity index is 1.50. The second-order valence-corrected chi connectivity index (χ2v) is 6.62. The van der Waals surface area contributed by atoms with Gasteiger partial charge in [0.05, 0.1) is 33.3 Å². The van der Waals surface area contributed by atoms with Crippen molar-refractivity contribution in [3.63, 3.8) is 0 Å². The molecule has 138 valence electrons. The second-order valence-electron chi connectivity index (χ2n) is 6.62. The maximum absolute atomic E-state index is 13.3. The van der Waals surface area contributed by atoms with Crippen molar-refractivity contribution in [1.29, 1.82) is 0 Å². The fourth-order valence-electron chi connectivity index (χ4n) is 3.20. The topological polar surface area (TPSA) is 46.0 Å². The summed E-state index contributed by atoms with van der Waals surface area (Å²) in [6, 6.07) is 12.5. The van der Waals surface area contributed by atoms with Crippen LogP contribution in [0.25, 0.3) is 0 Å². The van der Waals surface area contributed by atoms with Crippen LogP contribution in [0.1, 0.15) is 5.56 Å². The molecule has 1 aliphatic heterocycles. The van der Waals surface area contributed by atoms with E-state index in [0.717, 1.165) is 37.5 Å². The van der Waals surface area contributed by atoms with E-state index < -0.39 is 0 Å². The molecule has 2 aromatic rings. The van der Waals surface area contributed by atoms with Crippen LogP contribution in [0.4, 0.5) is 15.8 Å². The summed E-state index contributed by atoms with van der Waals surface area (Å²) >= 11 is 0. The van der Waals surface area contributed by atoms with Gasteiger partial charge < -0.3 is 19.9 Å². The predicted molar refractivity (Wildman–Crippen MR) is 101 cm³/mol. The van der Waals surface area contributed by atoms with Gasteiger partial charge in [0.2, 0.25) is 0 Å². The van der Waals surface area contributed by atoms with E-state index >= 15 is 0 Å². The molecule has 1 heterocycles. The van der Waals surface area contributed by atoms with Crippen LogP contribution < -0.4 is 19.9 Å². The Morgan fingerprint density at radius 2 is 1.88 bits per heavy atom. The Bertz CT molecular complexity index is 756. The lowest BCUT2D eigenvalue weighted by atomic mass is 10.2. The van der Waals surface area contributed by atoms with E-state index in [2.05, 4.69) is 22.3 Å². The number of methoxy groups -OCH3 is 1. The Morgan fingerprint density at radius 1 is 1.19 bits per heavy atom. The summed E-state index contributed by atoms with van der Waals surface area (Å²) in [5.41, 5.74) is 2.58. The third-order valence-electron chi connectivity index (χ3n) is 4.79. The van der Waals surface area contributed by atoms with Gasteiger partial charge >= 0.3 is 0 Å². The van der Waals surface area contributed by atoms with Crippen LogP contribution in [0.15, 0.2) is 42.5 Å². The summed E-state index contributed by atoms with van der Waals surface area (Å²) in [7, 11) is 1.66. The molecule has 1 fully saturated rings. The highest BCUT2D eigenvalue weighted by Crippen LogP contribution is 2.19. The molecule has 6 heteroatoms. The zero-order valence-corrected chi connectivity index (χ0v) is 15.2. The molecule has 5 nitrogen and oxygen atoms in total. The van der Waals surface area contributed by atoms with E-state index in [1.54, 1.807) is 13.2 Å². The van der Waals surface area contributed by atoms with Crippen molar-refractivity contribution < 1.29 is 18.8 Å². The van der Waals surface area contributed by atoms with Crippen LogP contribution in [0.5, 0.6) is 5.75 Å². The Kier molecular flexibility index (Phi) is 5.73. The van der Waals surface area contributed by atoms with Gasteiger partial charge in [-0.25, -0.2) is 4.39 Å². The molecular weight excluding hydrogens is 333 g/mol. The number of quaternary nitrogens is 1. The van der Waals surface area contributed by atoms with Crippen molar-refractivity contribution in [3.8, 4) is 5.75 Å². The highest BCUT2D eigenvalue weighted by atomic mass is 19.1. The van der Waals surface area contributed by atoms with E-state index in [0.29, 0.717) is 12.2 Å². The molecule has 1 saturated heterocycles. The molecule has 2 aromatic carbocycles. The fourth-order valence-corrected chi connectivity index (χ4v) is 3.20. The van der Waals surface area contributed by atoms with Gasteiger partial charge in [-0.05, 0) is 48.9 Å². The maximum Gasteiger partial charge on any atom is 0.279 e. The maximum atomic E-state index is 13.3. The summed E-state index contributed by atoms with van der Waals surface area (Å²) in [5.74, 6) is 0.431. The number of hydrogen-bond acceptors (Lipinski definition) is 3. The molecule has 0 unspecified atom stereocenters. The summed E-state index contributed by atoms with van der Waals surface area (Å²) in [4.78, 5) is 15.8. The standard InChI is InChI=1S/C20H24FN3O2/c1-15-3-4-16(21)13-19(15)22-20(25)14-23-9-11-24(12-10-23)17-5-7-18(26-2)8-6-17/h3-8,13H,9-12,14H2,1-2H3,(H,22,25)/p+1. The number of halogens is 1. The number of nitrogens with one attached hydrogen (secondary N) is 2. The van der Waals surface area contributed by atoms with E-state index in [1.807, 2.05) is 19.1 Å². The van der Waals surface area contributed by atoms with E-state index in [-0.39, 0.29) is 11.7 Å². The molecule has 26 heavy (non-hydrogen) atoms. The molecule has 0 bridgehead atoms. The second kappa shape index (κ2) is 8.19. The predicted octanol–water partition coefficient (Wildman–Crippen LogP) is 1.49. The van der Waals surface area contributed by atoms with Gasteiger partial charge in [-0.2, -0.15) is 0 Å². The van der Waals surface area contributed by atoms with Crippen molar-refractivity contribution in [3.05, 3.63) is 53.8 Å². The first kappa shape index (κ1) is 18.2. The average molecular weight is 358 g/mol. The minimum atomic E-state index is -0.341. The lowest BCUT2D eigenvalue weighted by Gasteiger charge is -2.33. The van der Waals surface area contributed by atoms with Crippen molar-refractivity contribution in [2.45, 2.75) is 6.92 Å². The molecule has 3 rings (SSSR count). The summed E-state index contributed by atoms with van der Waals surface area (Å²) < 4.78 is 18.5. The summed E-state index contributed by atoms with van der Waals surface area (Å²) in [6.45, 7) is 5.83. The first-order valence-corrected chi connectivity index (χ1v) is 8.84. The first-order valence-electron chi connectivity index (χ1n) is 8.84. The monoisotopic (exact) mass is 358 g/mol. The molecular formula is C20H25FN3O2+. The minimum absolute atomic E-state index is 0.0772. The average Bonchev–Trinajstić information content (AvgIpc) is 2.65. The minimum Gasteiger partial charge on any atom is -0.497 e. The van der Waals surface area contributed by atoms with Crippen LogP contribution in [-0.2, 0) is 4.79 Å². The van der Waals surface area contributed by atoms with Crippen LogP contribution in [0.3, 0.4) is 0 Å². The van der Waals surface area contributed by atoms with Gasteiger partial charge in [-0.15, -0.1) is 0 Å². The largest absolute Gasteiger partial charge is 0.497 e. The summed E-state index contributed by atoms with van der Waals surface area (Å²) in [6.07, 6.45) is 0. The van der Waals surface area contributed by atoms with Crippen LogP contribution >= 0.6 is 0 Å². The number of piperazine rings is 1. The first-order chi connectivity index (χ1) is 12.5. The Morgan fingerprint density at radius 3 is 2.54 bits per heavy atom. The molecule has 0 aromatic heterocycles. The number of ether oxygens (including phenoxy) is 1. The van der Waals surface area contributed by atoms with Gasteiger partial charge in [0.15, 0.2) is 6.54 Å². The fraction of sp³-hybridized carbons (Fsp3) is 0.350. The lowest BCUT2D eigenvalue weighted by molar-refractivity contribution is -0.892. The zero-order valence-electron chi connectivity index (χ0n) is 15.2. The van der Waals surface area contributed by atoms with Crippen molar-refractivity contribution in [2.24, 2.45) is 0 Å². The molecule has 2 N–H and O–H groups in total. The molecule has 1 amide bonds. The molecule has 0 aliphatic carbocycles. The Labute approximate surface area is 153 Å².